The monoisotopic (exact) mass is 311 g/mol. The molecule has 122 valence electrons. The van der Waals surface area contributed by atoms with Gasteiger partial charge in [0.25, 0.3) is 5.91 Å². The van der Waals surface area contributed by atoms with Gasteiger partial charge in [-0.15, -0.1) is 0 Å². The highest BCUT2D eigenvalue weighted by Crippen LogP contribution is 2.24. The van der Waals surface area contributed by atoms with E-state index < -0.39 is 0 Å². The molecule has 4 nitrogen and oxygen atoms in total. The highest BCUT2D eigenvalue weighted by molar-refractivity contribution is 5.94. The third-order valence-electron chi connectivity index (χ3n) is 3.58. The molecule has 23 heavy (non-hydrogen) atoms. The number of pyridine rings is 1. The molecule has 1 aromatic carbocycles. The van der Waals surface area contributed by atoms with Crippen LogP contribution in [-0.2, 0) is 5.41 Å². The molecule has 0 bridgehead atoms. The van der Waals surface area contributed by atoms with Crippen LogP contribution in [0.3, 0.4) is 0 Å². The normalized spacial score (nSPS) is 11.1. The van der Waals surface area contributed by atoms with E-state index in [0.717, 1.165) is 17.8 Å². The average molecular weight is 311 g/mol. The second-order valence-electron chi connectivity index (χ2n) is 6.67. The predicted molar refractivity (Wildman–Crippen MR) is 95.3 cm³/mol. The second-order valence-corrected chi connectivity index (χ2v) is 6.67. The molecule has 0 unspecified atom stereocenters. The summed E-state index contributed by atoms with van der Waals surface area (Å²) in [4.78, 5) is 16.1. The van der Waals surface area contributed by atoms with Crippen LogP contribution in [0.4, 0.5) is 11.4 Å². The van der Waals surface area contributed by atoms with Crippen molar-refractivity contribution in [3.05, 3.63) is 53.9 Å². The third-order valence-corrected chi connectivity index (χ3v) is 3.58. The van der Waals surface area contributed by atoms with Crippen molar-refractivity contribution in [2.45, 2.75) is 39.5 Å². The van der Waals surface area contributed by atoms with Crippen LogP contribution < -0.4 is 10.6 Å². The molecule has 0 aliphatic heterocycles. The number of anilines is 2. The molecule has 2 N–H and O–H groups in total. The summed E-state index contributed by atoms with van der Waals surface area (Å²) in [7, 11) is 0. The van der Waals surface area contributed by atoms with Crippen molar-refractivity contribution < 1.29 is 4.79 Å². The maximum atomic E-state index is 12.0. The highest BCUT2D eigenvalue weighted by Gasteiger charge is 2.13. The van der Waals surface area contributed by atoms with Gasteiger partial charge in [-0.2, -0.15) is 0 Å². The Hall–Kier alpha value is -2.36. The summed E-state index contributed by atoms with van der Waals surface area (Å²) in [5.74, 6) is -0.0916. The van der Waals surface area contributed by atoms with Gasteiger partial charge in [0.2, 0.25) is 0 Å². The first-order valence-corrected chi connectivity index (χ1v) is 8.01. The van der Waals surface area contributed by atoms with E-state index in [1.807, 2.05) is 25.1 Å². The van der Waals surface area contributed by atoms with Crippen LogP contribution in [0, 0.1) is 0 Å². The minimum Gasteiger partial charge on any atom is -0.354 e. The fourth-order valence-electron chi connectivity index (χ4n) is 2.19. The van der Waals surface area contributed by atoms with Gasteiger partial charge in [-0.1, -0.05) is 39.8 Å². The molecule has 4 heteroatoms. The molecule has 1 aromatic heterocycles. The summed E-state index contributed by atoms with van der Waals surface area (Å²) in [6.45, 7) is 9.27. The first-order valence-electron chi connectivity index (χ1n) is 8.01. The molecule has 1 amide bonds. The lowest BCUT2D eigenvalue weighted by molar-refractivity contribution is 0.0953. The van der Waals surface area contributed by atoms with Gasteiger partial charge >= 0.3 is 0 Å². The van der Waals surface area contributed by atoms with Crippen molar-refractivity contribution >= 4 is 17.3 Å². The minimum atomic E-state index is -0.0916. The van der Waals surface area contributed by atoms with Crippen LogP contribution in [0.2, 0.25) is 0 Å². The zero-order valence-corrected chi connectivity index (χ0v) is 14.3. The van der Waals surface area contributed by atoms with Gasteiger partial charge in [-0.3, -0.25) is 9.78 Å². The van der Waals surface area contributed by atoms with E-state index in [2.05, 4.69) is 48.5 Å². The number of aromatic nitrogens is 1. The first kappa shape index (κ1) is 17.0. The van der Waals surface area contributed by atoms with Gasteiger partial charge in [0.15, 0.2) is 0 Å². The smallest absolute Gasteiger partial charge is 0.252 e. The SMILES string of the molecule is CCCNC(=O)c1cncc(Nc2ccc(C(C)(C)C)cc2)c1. The summed E-state index contributed by atoms with van der Waals surface area (Å²) in [5.41, 5.74) is 3.77. The van der Waals surface area contributed by atoms with Crippen LogP contribution in [0.1, 0.15) is 50.0 Å². The van der Waals surface area contributed by atoms with E-state index in [4.69, 9.17) is 0 Å². The molecule has 0 saturated heterocycles. The first-order chi connectivity index (χ1) is 10.9. The van der Waals surface area contributed by atoms with E-state index in [-0.39, 0.29) is 11.3 Å². The Morgan fingerprint density at radius 2 is 1.78 bits per heavy atom. The summed E-state index contributed by atoms with van der Waals surface area (Å²) in [5, 5.41) is 6.15. The topological polar surface area (TPSA) is 54.0 Å². The van der Waals surface area contributed by atoms with Crippen LogP contribution in [0.25, 0.3) is 0 Å². The zero-order chi connectivity index (χ0) is 16.9. The number of carbonyl (C=O) groups is 1. The fourth-order valence-corrected chi connectivity index (χ4v) is 2.19. The van der Waals surface area contributed by atoms with Crippen LogP contribution in [0.5, 0.6) is 0 Å². The Labute approximate surface area is 138 Å². The zero-order valence-electron chi connectivity index (χ0n) is 14.3. The molecule has 0 saturated carbocycles. The predicted octanol–water partition coefficient (Wildman–Crippen LogP) is 4.26. The molecule has 1 heterocycles. The molecular weight excluding hydrogens is 286 g/mol. The summed E-state index contributed by atoms with van der Waals surface area (Å²) in [6, 6.07) is 10.1. The van der Waals surface area contributed by atoms with Gasteiger partial charge in [0, 0.05) is 18.4 Å². The number of carbonyl (C=O) groups excluding carboxylic acids is 1. The Morgan fingerprint density at radius 1 is 1.09 bits per heavy atom. The standard InChI is InChI=1S/C19H25N3O/c1-5-10-21-18(23)14-11-17(13-20-12-14)22-16-8-6-15(7-9-16)19(2,3)4/h6-9,11-13,22H,5,10H2,1-4H3,(H,21,23). The number of nitrogens with zero attached hydrogens (tertiary/aromatic N) is 1. The molecular formula is C19H25N3O. The molecule has 0 spiro atoms. The van der Waals surface area contributed by atoms with Crippen LogP contribution >= 0.6 is 0 Å². The second kappa shape index (κ2) is 7.27. The van der Waals surface area contributed by atoms with Gasteiger partial charge in [0.1, 0.15) is 0 Å². The van der Waals surface area contributed by atoms with Crippen molar-refractivity contribution in [3.63, 3.8) is 0 Å². The van der Waals surface area contributed by atoms with Gasteiger partial charge in [0.05, 0.1) is 17.4 Å². The van der Waals surface area contributed by atoms with Gasteiger partial charge in [-0.05, 0) is 35.6 Å². The molecule has 0 radical (unpaired) electrons. The van der Waals surface area contributed by atoms with Gasteiger partial charge in [-0.25, -0.2) is 0 Å². The maximum absolute atomic E-state index is 12.0. The van der Waals surface area contributed by atoms with Crippen molar-refractivity contribution in [2.24, 2.45) is 0 Å². The van der Waals surface area contributed by atoms with E-state index in [9.17, 15) is 4.79 Å². The van der Waals surface area contributed by atoms with E-state index in [0.29, 0.717) is 12.1 Å². The molecule has 2 rings (SSSR count). The van der Waals surface area contributed by atoms with Crippen molar-refractivity contribution in [3.8, 4) is 0 Å². The van der Waals surface area contributed by atoms with E-state index in [1.54, 1.807) is 12.4 Å². The summed E-state index contributed by atoms with van der Waals surface area (Å²) < 4.78 is 0. The van der Waals surface area contributed by atoms with E-state index >= 15 is 0 Å². The Kier molecular flexibility index (Phi) is 5.37. The largest absolute Gasteiger partial charge is 0.354 e. The summed E-state index contributed by atoms with van der Waals surface area (Å²) >= 11 is 0. The molecule has 2 aromatic rings. The molecule has 0 fully saturated rings. The van der Waals surface area contributed by atoms with Crippen molar-refractivity contribution in [1.82, 2.24) is 10.3 Å². The van der Waals surface area contributed by atoms with E-state index in [1.165, 1.54) is 5.56 Å². The lowest BCUT2D eigenvalue weighted by Crippen LogP contribution is -2.24. The highest BCUT2D eigenvalue weighted by atomic mass is 16.1. The van der Waals surface area contributed by atoms with Crippen molar-refractivity contribution in [1.29, 1.82) is 0 Å². The lowest BCUT2D eigenvalue weighted by atomic mass is 9.87. The molecule has 0 atom stereocenters. The lowest BCUT2D eigenvalue weighted by Gasteiger charge is -2.19. The molecule has 0 aliphatic carbocycles. The number of hydrogen-bond donors (Lipinski definition) is 2. The van der Waals surface area contributed by atoms with Gasteiger partial charge < -0.3 is 10.6 Å². The quantitative estimate of drug-likeness (QED) is 0.867. The average Bonchev–Trinajstić information content (AvgIpc) is 2.52. The number of nitrogens with one attached hydrogen (secondary N) is 2. The Bertz CT molecular complexity index is 657. The Morgan fingerprint density at radius 3 is 2.39 bits per heavy atom. The number of rotatable bonds is 5. The Balaban J connectivity index is 2.10. The summed E-state index contributed by atoms with van der Waals surface area (Å²) in [6.07, 6.45) is 4.21. The number of benzene rings is 1. The number of amides is 1. The third kappa shape index (κ3) is 4.81. The number of hydrogen-bond acceptors (Lipinski definition) is 3. The van der Waals surface area contributed by atoms with Crippen LogP contribution in [0.15, 0.2) is 42.7 Å². The maximum Gasteiger partial charge on any atom is 0.252 e. The van der Waals surface area contributed by atoms with Crippen molar-refractivity contribution in [2.75, 3.05) is 11.9 Å². The fraction of sp³-hybridized carbons (Fsp3) is 0.368. The van der Waals surface area contributed by atoms with Crippen LogP contribution in [-0.4, -0.2) is 17.4 Å². The molecule has 0 aliphatic rings. The minimum absolute atomic E-state index is 0.0916.